The highest BCUT2D eigenvalue weighted by molar-refractivity contribution is 5.85. The predicted molar refractivity (Wildman–Crippen MR) is 77.0 cm³/mol. The third-order valence-corrected chi connectivity index (χ3v) is 3.58. The number of amides is 1. The highest BCUT2D eigenvalue weighted by Gasteiger charge is 2.38. The van der Waals surface area contributed by atoms with Gasteiger partial charge in [-0.25, -0.2) is 4.79 Å². The molecule has 2 atom stereocenters. The van der Waals surface area contributed by atoms with Crippen LogP contribution in [0.1, 0.15) is 5.56 Å². The lowest BCUT2D eigenvalue weighted by atomic mass is 10.1. The molecule has 20 heavy (non-hydrogen) atoms. The highest BCUT2D eigenvalue weighted by atomic mass is 35.5. The van der Waals surface area contributed by atoms with Crippen LogP contribution in [-0.4, -0.2) is 49.4 Å². The van der Waals surface area contributed by atoms with Crippen molar-refractivity contribution in [1.29, 1.82) is 0 Å². The molecule has 6 heteroatoms. The van der Waals surface area contributed by atoms with Crippen LogP contribution in [0.25, 0.3) is 0 Å². The normalized spacial score (nSPS) is 24.7. The Morgan fingerprint density at radius 3 is 2.55 bits per heavy atom. The van der Waals surface area contributed by atoms with Crippen molar-refractivity contribution < 1.29 is 14.3 Å². The summed E-state index contributed by atoms with van der Waals surface area (Å²) in [5, 5.41) is 3.32. The SMILES string of the molecule is Cl.O=C(OCc1ccccc1)N1C2CNCC1COC2. The summed E-state index contributed by atoms with van der Waals surface area (Å²) in [5.41, 5.74) is 1.01. The topological polar surface area (TPSA) is 50.8 Å². The third-order valence-electron chi connectivity index (χ3n) is 3.58. The number of nitrogens with zero attached hydrogens (tertiary/aromatic N) is 1. The molecule has 2 heterocycles. The first kappa shape index (κ1) is 15.1. The van der Waals surface area contributed by atoms with Crippen LogP contribution in [0, 0.1) is 0 Å². The number of nitrogens with one attached hydrogen (secondary N) is 1. The minimum absolute atomic E-state index is 0. The van der Waals surface area contributed by atoms with Crippen molar-refractivity contribution in [3.8, 4) is 0 Å². The number of carbonyl (C=O) groups is 1. The van der Waals surface area contributed by atoms with Gasteiger partial charge in [0.25, 0.3) is 0 Å². The molecule has 0 spiro atoms. The van der Waals surface area contributed by atoms with Gasteiger partial charge in [0.2, 0.25) is 0 Å². The van der Waals surface area contributed by atoms with Gasteiger partial charge in [0.15, 0.2) is 0 Å². The van der Waals surface area contributed by atoms with Crippen molar-refractivity contribution in [2.45, 2.75) is 18.7 Å². The molecular formula is C14H19ClN2O3. The molecule has 2 aliphatic heterocycles. The Bertz CT molecular complexity index is 421. The van der Waals surface area contributed by atoms with Crippen LogP contribution < -0.4 is 5.32 Å². The van der Waals surface area contributed by atoms with Crippen LogP contribution in [0.3, 0.4) is 0 Å². The Labute approximate surface area is 124 Å². The number of ether oxygens (including phenoxy) is 2. The number of rotatable bonds is 2. The fourth-order valence-corrected chi connectivity index (χ4v) is 2.62. The van der Waals surface area contributed by atoms with Crippen molar-refractivity contribution in [2.24, 2.45) is 0 Å². The molecule has 1 amide bonds. The first-order chi connectivity index (χ1) is 9.34. The second-order valence-electron chi connectivity index (χ2n) is 4.95. The number of hydrogen-bond acceptors (Lipinski definition) is 4. The summed E-state index contributed by atoms with van der Waals surface area (Å²) >= 11 is 0. The zero-order valence-corrected chi connectivity index (χ0v) is 12.0. The fraction of sp³-hybridized carbons (Fsp3) is 0.500. The van der Waals surface area contributed by atoms with E-state index in [1.165, 1.54) is 0 Å². The summed E-state index contributed by atoms with van der Waals surface area (Å²) < 4.78 is 10.9. The van der Waals surface area contributed by atoms with Gasteiger partial charge in [-0.3, -0.25) is 4.90 Å². The number of fused-ring (bicyclic) bond motifs is 2. The maximum Gasteiger partial charge on any atom is 0.410 e. The van der Waals surface area contributed by atoms with E-state index in [0.717, 1.165) is 18.7 Å². The van der Waals surface area contributed by atoms with Gasteiger partial charge >= 0.3 is 6.09 Å². The maximum absolute atomic E-state index is 12.2. The summed E-state index contributed by atoms with van der Waals surface area (Å²) in [7, 11) is 0. The summed E-state index contributed by atoms with van der Waals surface area (Å²) in [6.07, 6.45) is -0.233. The quantitative estimate of drug-likeness (QED) is 0.897. The fourth-order valence-electron chi connectivity index (χ4n) is 2.62. The molecule has 0 aromatic heterocycles. The Morgan fingerprint density at radius 2 is 1.90 bits per heavy atom. The number of piperazine rings is 1. The van der Waals surface area contributed by atoms with Gasteiger partial charge in [-0.05, 0) is 5.56 Å². The molecule has 2 unspecified atom stereocenters. The Kier molecular flexibility index (Phi) is 5.23. The number of benzene rings is 1. The average molecular weight is 299 g/mol. The lowest BCUT2D eigenvalue weighted by Gasteiger charge is -2.45. The van der Waals surface area contributed by atoms with E-state index >= 15 is 0 Å². The number of halogens is 1. The second-order valence-corrected chi connectivity index (χ2v) is 4.95. The van der Waals surface area contributed by atoms with Gasteiger partial charge in [0.05, 0.1) is 25.3 Å². The van der Waals surface area contributed by atoms with Gasteiger partial charge in [-0.15, -0.1) is 12.4 Å². The van der Waals surface area contributed by atoms with E-state index in [4.69, 9.17) is 9.47 Å². The lowest BCUT2D eigenvalue weighted by molar-refractivity contribution is -0.0589. The van der Waals surface area contributed by atoms with Crippen LogP contribution in [0.2, 0.25) is 0 Å². The largest absolute Gasteiger partial charge is 0.445 e. The third kappa shape index (κ3) is 3.23. The molecule has 0 saturated carbocycles. The predicted octanol–water partition coefficient (Wildman–Crippen LogP) is 1.42. The maximum atomic E-state index is 12.2. The Hall–Kier alpha value is -1.30. The van der Waals surface area contributed by atoms with Crippen molar-refractivity contribution in [3.05, 3.63) is 35.9 Å². The minimum Gasteiger partial charge on any atom is -0.445 e. The monoisotopic (exact) mass is 298 g/mol. The number of morpholine rings is 1. The molecule has 0 radical (unpaired) electrons. The zero-order valence-electron chi connectivity index (χ0n) is 11.2. The van der Waals surface area contributed by atoms with E-state index in [1.807, 2.05) is 35.2 Å². The second kappa shape index (κ2) is 6.92. The highest BCUT2D eigenvalue weighted by Crippen LogP contribution is 2.18. The summed E-state index contributed by atoms with van der Waals surface area (Å²) in [4.78, 5) is 14.0. The molecule has 2 bridgehead atoms. The Balaban J connectivity index is 0.00000147. The molecule has 0 aliphatic carbocycles. The van der Waals surface area contributed by atoms with Crippen molar-refractivity contribution in [2.75, 3.05) is 26.3 Å². The van der Waals surface area contributed by atoms with E-state index in [9.17, 15) is 4.79 Å². The molecule has 1 aromatic carbocycles. The van der Waals surface area contributed by atoms with Gasteiger partial charge in [-0.2, -0.15) is 0 Å². The first-order valence-electron chi connectivity index (χ1n) is 6.62. The van der Waals surface area contributed by atoms with Gasteiger partial charge in [0, 0.05) is 13.1 Å². The van der Waals surface area contributed by atoms with Crippen LogP contribution in [0.15, 0.2) is 30.3 Å². The zero-order chi connectivity index (χ0) is 13.1. The summed E-state index contributed by atoms with van der Waals surface area (Å²) in [6, 6.07) is 9.92. The molecule has 2 saturated heterocycles. The van der Waals surface area contributed by atoms with Crippen LogP contribution in [-0.2, 0) is 16.1 Å². The van der Waals surface area contributed by atoms with E-state index in [-0.39, 0.29) is 30.6 Å². The van der Waals surface area contributed by atoms with E-state index in [0.29, 0.717) is 19.8 Å². The van der Waals surface area contributed by atoms with E-state index in [1.54, 1.807) is 0 Å². The molecule has 3 rings (SSSR count). The van der Waals surface area contributed by atoms with Gasteiger partial charge in [-0.1, -0.05) is 30.3 Å². The van der Waals surface area contributed by atoms with Crippen molar-refractivity contribution in [1.82, 2.24) is 10.2 Å². The molecule has 110 valence electrons. The van der Waals surface area contributed by atoms with Crippen molar-refractivity contribution >= 4 is 18.5 Å². The van der Waals surface area contributed by atoms with Gasteiger partial charge < -0.3 is 14.8 Å². The van der Waals surface area contributed by atoms with Gasteiger partial charge in [0.1, 0.15) is 6.61 Å². The molecule has 5 nitrogen and oxygen atoms in total. The van der Waals surface area contributed by atoms with Crippen LogP contribution in [0.4, 0.5) is 4.79 Å². The minimum atomic E-state index is -0.233. The standard InChI is InChI=1S/C14H18N2O3.ClH/c17-14(19-8-11-4-2-1-3-5-11)16-12-6-15-7-13(16)10-18-9-12;/h1-5,12-13,15H,6-10H2;1H. The van der Waals surface area contributed by atoms with Crippen LogP contribution >= 0.6 is 12.4 Å². The van der Waals surface area contributed by atoms with E-state index in [2.05, 4.69) is 5.32 Å². The van der Waals surface area contributed by atoms with Crippen LogP contribution in [0.5, 0.6) is 0 Å². The summed E-state index contributed by atoms with van der Waals surface area (Å²) in [5.74, 6) is 0. The molecule has 2 aliphatic rings. The Morgan fingerprint density at radius 1 is 1.25 bits per heavy atom. The molecule has 2 fully saturated rings. The lowest BCUT2D eigenvalue weighted by Crippen LogP contribution is -2.65. The van der Waals surface area contributed by atoms with E-state index < -0.39 is 0 Å². The number of hydrogen-bond donors (Lipinski definition) is 1. The molecule has 1 N–H and O–H groups in total. The number of carbonyl (C=O) groups excluding carboxylic acids is 1. The molecule has 1 aromatic rings. The first-order valence-corrected chi connectivity index (χ1v) is 6.62. The summed E-state index contributed by atoms with van der Waals surface area (Å²) in [6.45, 7) is 3.05. The average Bonchev–Trinajstić information content (AvgIpc) is 2.45. The molecular weight excluding hydrogens is 280 g/mol. The smallest absolute Gasteiger partial charge is 0.410 e. The van der Waals surface area contributed by atoms with Crippen molar-refractivity contribution in [3.63, 3.8) is 0 Å².